The molecular weight excluding hydrogens is 300 g/mol. The minimum atomic E-state index is -1.10. The van der Waals surface area contributed by atoms with E-state index in [1.54, 1.807) is 0 Å². The number of amides is 1. The predicted octanol–water partition coefficient (Wildman–Crippen LogP) is 2.33. The molecular formula is C13H13ClN2O5. The van der Waals surface area contributed by atoms with Gasteiger partial charge < -0.3 is 10.0 Å². The molecule has 0 saturated carbocycles. The summed E-state index contributed by atoms with van der Waals surface area (Å²) in [4.78, 5) is 35.2. The van der Waals surface area contributed by atoms with Crippen molar-refractivity contribution in [2.75, 3.05) is 6.54 Å². The number of carbonyl (C=O) groups excluding carboxylic acids is 1. The zero-order chi connectivity index (χ0) is 15.6. The highest BCUT2D eigenvalue weighted by Crippen LogP contribution is 2.27. The molecule has 0 spiro atoms. The fraction of sp³-hybridized carbons (Fsp3) is 0.385. The van der Waals surface area contributed by atoms with Gasteiger partial charge in [-0.15, -0.1) is 0 Å². The van der Waals surface area contributed by atoms with Gasteiger partial charge in [0, 0.05) is 17.6 Å². The van der Waals surface area contributed by atoms with Crippen LogP contribution in [0.4, 0.5) is 5.69 Å². The SMILES string of the molecule is O=C(O)[C@H]1CCCCN1C(=O)c1ccc(Cl)cc1[N+](=O)[O-]. The highest BCUT2D eigenvalue weighted by Gasteiger charge is 2.35. The first-order chi connectivity index (χ1) is 9.91. The number of nitro benzene ring substituents is 1. The highest BCUT2D eigenvalue weighted by molar-refractivity contribution is 6.31. The summed E-state index contributed by atoms with van der Waals surface area (Å²) in [5.41, 5.74) is -0.556. The van der Waals surface area contributed by atoms with Crippen LogP contribution in [0.2, 0.25) is 5.02 Å². The largest absolute Gasteiger partial charge is 0.480 e. The van der Waals surface area contributed by atoms with E-state index in [2.05, 4.69) is 0 Å². The van der Waals surface area contributed by atoms with E-state index in [4.69, 9.17) is 11.6 Å². The molecule has 0 aromatic heterocycles. The number of halogens is 1. The normalized spacial score (nSPS) is 18.3. The summed E-state index contributed by atoms with van der Waals surface area (Å²) in [6.45, 7) is 0.273. The molecule has 1 aliphatic rings. The van der Waals surface area contributed by atoms with E-state index in [0.29, 0.717) is 19.3 Å². The number of nitrogens with zero attached hydrogens (tertiary/aromatic N) is 2. The number of hydrogen-bond acceptors (Lipinski definition) is 4. The molecule has 0 radical (unpaired) electrons. The molecule has 0 aliphatic carbocycles. The predicted molar refractivity (Wildman–Crippen MR) is 74.4 cm³/mol. The summed E-state index contributed by atoms with van der Waals surface area (Å²) >= 11 is 5.71. The van der Waals surface area contributed by atoms with Gasteiger partial charge in [0.1, 0.15) is 11.6 Å². The van der Waals surface area contributed by atoms with Crippen molar-refractivity contribution in [3.05, 3.63) is 38.9 Å². The van der Waals surface area contributed by atoms with Gasteiger partial charge >= 0.3 is 5.97 Å². The molecule has 112 valence electrons. The zero-order valence-corrected chi connectivity index (χ0v) is 11.7. The van der Waals surface area contributed by atoms with Crippen molar-refractivity contribution in [1.82, 2.24) is 4.90 Å². The summed E-state index contributed by atoms with van der Waals surface area (Å²) in [7, 11) is 0. The van der Waals surface area contributed by atoms with E-state index in [1.165, 1.54) is 17.0 Å². The minimum Gasteiger partial charge on any atom is -0.480 e. The van der Waals surface area contributed by atoms with Crippen LogP contribution in [0, 0.1) is 10.1 Å². The second-order valence-corrected chi connectivity index (χ2v) is 5.20. The highest BCUT2D eigenvalue weighted by atomic mass is 35.5. The van der Waals surface area contributed by atoms with Crippen LogP contribution in [-0.2, 0) is 4.79 Å². The maximum atomic E-state index is 12.5. The lowest BCUT2D eigenvalue weighted by atomic mass is 10.0. The van der Waals surface area contributed by atoms with Crippen molar-refractivity contribution in [1.29, 1.82) is 0 Å². The Balaban J connectivity index is 2.39. The summed E-state index contributed by atoms with van der Waals surface area (Å²) in [6, 6.07) is 2.79. The van der Waals surface area contributed by atoms with Gasteiger partial charge in [-0.05, 0) is 31.4 Å². The Labute approximate surface area is 125 Å². The van der Waals surface area contributed by atoms with Gasteiger partial charge in [0.05, 0.1) is 4.92 Å². The topological polar surface area (TPSA) is 101 Å². The number of nitro groups is 1. The molecule has 0 unspecified atom stereocenters. The van der Waals surface area contributed by atoms with Gasteiger partial charge in [-0.2, -0.15) is 0 Å². The third-order valence-electron chi connectivity index (χ3n) is 3.44. The van der Waals surface area contributed by atoms with Crippen LogP contribution in [-0.4, -0.2) is 39.4 Å². The van der Waals surface area contributed by atoms with Crippen LogP contribution in [0.5, 0.6) is 0 Å². The fourth-order valence-corrected chi connectivity index (χ4v) is 2.59. The Morgan fingerprint density at radius 1 is 1.38 bits per heavy atom. The Bertz CT molecular complexity index is 604. The van der Waals surface area contributed by atoms with Crippen LogP contribution in [0.25, 0.3) is 0 Å². The van der Waals surface area contributed by atoms with Crippen LogP contribution in [0.1, 0.15) is 29.6 Å². The summed E-state index contributed by atoms with van der Waals surface area (Å²) in [5, 5.41) is 20.4. The van der Waals surface area contributed by atoms with Crippen molar-refractivity contribution in [2.45, 2.75) is 25.3 Å². The van der Waals surface area contributed by atoms with E-state index >= 15 is 0 Å². The maximum Gasteiger partial charge on any atom is 0.326 e. The lowest BCUT2D eigenvalue weighted by molar-refractivity contribution is -0.385. The van der Waals surface area contributed by atoms with Gasteiger partial charge in [0.15, 0.2) is 0 Å². The third-order valence-corrected chi connectivity index (χ3v) is 3.67. The number of piperidine rings is 1. The number of carbonyl (C=O) groups is 2. The number of carboxylic acids is 1. The average molecular weight is 313 g/mol. The fourth-order valence-electron chi connectivity index (χ4n) is 2.42. The summed E-state index contributed by atoms with van der Waals surface area (Å²) in [6.07, 6.45) is 1.74. The number of aliphatic carboxylic acids is 1. The first-order valence-corrected chi connectivity index (χ1v) is 6.77. The van der Waals surface area contributed by atoms with Gasteiger partial charge in [0.25, 0.3) is 11.6 Å². The molecule has 1 fully saturated rings. The smallest absolute Gasteiger partial charge is 0.326 e. The van der Waals surface area contributed by atoms with E-state index in [0.717, 1.165) is 6.07 Å². The number of likely N-dealkylation sites (tertiary alicyclic amines) is 1. The van der Waals surface area contributed by atoms with E-state index < -0.39 is 28.5 Å². The molecule has 0 bridgehead atoms. The molecule has 1 aromatic rings. The van der Waals surface area contributed by atoms with Crippen LogP contribution < -0.4 is 0 Å². The van der Waals surface area contributed by atoms with E-state index in [1.807, 2.05) is 0 Å². The Morgan fingerprint density at radius 3 is 2.71 bits per heavy atom. The molecule has 1 aliphatic heterocycles. The molecule has 1 saturated heterocycles. The first kappa shape index (κ1) is 15.2. The molecule has 21 heavy (non-hydrogen) atoms. The third kappa shape index (κ3) is 3.13. The van der Waals surface area contributed by atoms with Gasteiger partial charge in [-0.3, -0.25) is 14.9 Å². The van der Waals surface area contributed by atoms with Crippen molar-refractivity contribution in [2.24, 2.45) is 0 Å². The molecule has 7 nitrogen and oxygen atoms in total. The number of hydrogen-bond donors (Lipinski definition) is 1. The van der Waals surface area contributed by atoms with Crippen molar-refractivity contribution in [3.8, 4) is 0 Å². The number of benzene rings is 1. The Kier molecular flexibility index (Phi) is 4.42. The molecule has 1 aromatic carbocycles. The molecule has 1 atom stereocenters. The summed E-state index contributed by atoms with van der Waals surface area (Å²) in [5.74, 6) is -1.75. The van der Waals surface area contributed by atoms with Gasteiger partial charge in [0.2, 0.25) is 0 Å². The average Bonchev–Trinajstić information content (AvgIpc) is 2.46. The Morgan fingerprint density at radius 2 is 2.10 bits per heavy atom. The van der Waals surface area contributed by atoms with Gasteiger partial charge in [-0.1, -0.05) is 11.6 Å². The Hall–Kier alpha value is -2.15. The molecule has 1 heterocycles. The second kappa shape index (κ2) is 6.09. The monoisotopic (exact) mass is 312 g/mol. The zero-order valence-electron chi connectivity index (χ0n) is 11.0. The molecule has 1 N–H and O–H groups in total. The van der Waals surface area contributed by atoms with Crippen molar-refractivity contribution >= 4 is 29.2 Å². The van der Waals surface area contributed by atoms with E-state index in [-0.39, 0.29) is 17.1 Å². The van der Waals surface area contributed by atoms with Gasteiger partial charge in [-0.25, -0.2) is 4.79 Å². The standard InChI is InChI=1S/C13H13ClN2O5/c14-8-4-5-9(11(7-8)16(20)21)12(17)15-6-2-1-3-10(15)13(18)19/h4-5,7,10H,1-3,6H2,(H,18,19)/t10-/m1/s1. The molecule has 1 amide bonds. The quantitative estimate of drug-likeness (QED) is 0.682. The minimum absolute atomic E-state index is 0.141. The summed E-state index contributed by atoms with van der Waals surface area (Å²) < 4.78 is 0. The second-order valence-electron chi connectivity index (χ2n) is 4.77. The van der Waals surface area contributed by atoms with Crippen LogP contribution in [0.3, 0.4) is 0 Å². The van der Waals surface area contributed by atoms with Crippen molar-refractivity contribution in [3.63, 3.8) is 0 Å². The molecule has 8 heteroatoms. The lowest BCUT2D eigenvalue weighted by Gasteiger charge is -2.32. The first-order valence-electron chi connectivity index (χ1n) is 6.39. The molecule has 2 rings (SSSR count). The van der Waals surface area contributed by atoms with Crippen molar-refractivity contribution < 1.29 is 19.6 Å². The number of carboxylic acid groups (broad SMARTS) is 1. The van der Waals surface area contributed by atoms with E-state index in [9.17, 15) is 24.8 Å². The number of rotatable bonds is 3. The van der Waals surface area contributed by atoms with Crippen LogP contribution >= 0.6 is 11.6 Å². The van der Waals surface area contributed by atoms with Crippen LogP contribution in [0.15, 0.2) is 18.2 Å². The maximum absolute atomic E-state index is 12.5. The lowest BCUT2D eigenvalue weighted by Crippen LogP contribution is -2.48.